The topological polar surface area (TPSA) is 204 Å². The van der Waals surface area contributed by atoms with E-state index in [2.05, 4.69) is 5.32 Å². The number of aliphatic hydroxyl groups is 5. The molecule has 0 radical (unpaired) electrons. The number of hydrogen-bond donors (Lipinski definition) is 7. The normalized spacial score (nSPS) is 41.0. The number of hydrogen-bond acceptors (Lipinski definition) is 11. The average molecular weight is 453 g/mol. The molecule has 1 amide bonds. The summed E-state index contributed by atoms with van der Waals surface area (Å²) < 4.78 is 21.5. The largest absolute Gasteiger partial charge is 0.481 e. The summed E-state index contributed by atoms with van der Waals surface area (Å²) >= 11 is 0. The molecule has 31 heavy (non-hydrogen) atoms. The number of nitrogens with one attached hydrogen (secondary N) is 1. The molecule has 13 nitrogen and oxygen atoms in total. The molecule has 7 N–H and O–H groups in total. The summed E-state index contributed by atoms with van der Waals surface area (Å²) in [5, 5.41) is 61.9. The van der Waals surface area contributed by atoms with Crippen LogP contribution < -0.4 is 5.32 Å². The minimum absolute atomic E-state index is 0.0925. The molecule has 0 aromatic carbocycles. The minimum atomic E-state index is -1.56. The maximum absolute atomic E-state index is 11.8. The summed E-state index contributed by atoms with van der Waals surface area (Å²) in [4.78, 5) is 22.3. The standard InChI is InChI=1S/C18H31NO12/c1-7-8(5-19-10(21)3-4-11(22)23)29-18(14(26)12(7)24)31-16-9(6-20)30-17(28-2)15(27)13(16)25/h7-9,12-18,20,24-27H,3-6H2,1-2H3,(H,19,21)(H,22,23)/t7-,8?,9?,12+,13-,14?,15?,16-,17+,18-/m1/s1. The number of carboxylic acid groups (broad SMARTS) is 1. The van der Waals surface area contributed by atoms with Crippen LogP contribution in [-0.2, 0) is 28.5 Å². The molecule has 4 unspecified atom stereocenters. The van der Waals surface area contributed by atoms with Crippen LogP contribution in [0.5, 0.6) is 0 Å². The summed E-state index contributed by atoms with van der Waals surface area (Å²) in [6.07, 6.45) is -12.4. The first-order valence-corrected chi connectivity index (χ1v) is 9.91. The van der Waals surface area contributed by atoms with Gasteiger partial charge in [-0.05, 0) is 0 Å². The number of aliphatic carboxylic acids is 1. The van der Waals surface area contributed by atoms with E-state index in [1.165, 1.54) is 7.11 Å². The highest BCUT2D eigenvalue weighted by molar-refractivity contribution is 5.80. The lowest BCUT2D eigenvalue weighted by atomic mass is 9.90. The molecular weight excluding hydrogens is 422 g/mol. The molecule has 2 aliphatic heterocycles. The van der Waals surface area contributed by atoms with Gasteiger partial charge in [-0.25, -0.2) is 0 Å². The Kier molecular flexibility index (Phi) is 9.54. The Hall–Kier alpha value is -1.42. The lowest BCUT2D eigenvalue weighted by Gasteiger charge is -2.46. The van der Waals surface area contributed by atoms with Crippen molar-refractivity contribution in [2.75, 3.05) is 20.3 Å². The molecule has 10 atom stereocenters. The van der Waals surface area contributed by atoms with Gasteiger partial charge < -0.3 is 54.9 Å². The second kappa shape index (κ2) is 11.4. The van der Waals surface area contributed by atoms with Crippen molar-refractivity contribution in [1.29, 1.82) is 0 Å². The van der Waals surface area contributed by atoms with Crippen LogP contribution in [0.25, 0.3) is 0 Å². The van der Waals surface area contributed by atoms with Crippen molar-refractivity contribution in [2.45, 2.75) is 75.1 Å². The SMILES string of the molecule is CO[C@H]1OC(CO)[C@@H](O[C@H]2OC(CNC(=O)CCC(=O)O)[C@@H](C)[C@H](O)C2O)[C@H](O)C1O. The van der Waals surface area contributed by atoms with Crippen molar-refractivity contribution in [3.8, 4) is 0 Å². The lowest BCUT2D eigenvalue weighted by Crippen LogP contribution is -2.63. The zero-order valence-electron chi connectivity index (χ0n) is 17.2. The van der Waals surface area contributed by atoms with Crippen LogP contribution in [0.2, 0.25) is 0 Å². The molecule has 0 aliphatic carbocycles. The van der Waals surface area contributed by atoms with E-state index in [0.717, 1.165) is 0 Å². The van der Waals surface area contributed by atoms with E-state index in [1.54, 1.807) is 6.92 Å². The quantitative estimate of drug-likeness (QED) is 0.182. The Morgan fingerprint density at radius 1 is 0.935 bits per heavy atom. The number of amides is 1. The van der Waals surface area contributed by atoms with Gasteiger partial charge >= 0.3 is 5.97 Å². The van der Waals surface area contributed by atoms with Gasteiger partial charge in [0.05, 0.1) is 25.2 Å². The second-order valence-corrected chi connectivity index (χ2v) is 7.62. The van der Waals surface area contributed by atoms with Crippen molar-refractivity contribution < 1.29 is 59.2 Å². The number of carbonyl (C=O) groups is 2. The highest BCUT2D eigenvalue weighted by Crippen LogP contribution is 2.31. The van der Waals surface area contributed by atoms with E-state index in [-0.39, 0.29) is 19.4 Å². The molecule has 0 saturated carbocycles. The fourth-order valence-corrected chi connectivity index (χ4v) is 3.51. The third-order valence-corrected chi connectivity index (χ3v) is 5.47. The molecule has 2 fully saturated rings. The molecular formula is C18H31NO12. The molecule has 0 spiro atoms. The number of aliphatic hydroxyl groups excluding tert-OH is 5. The van der Waals surface area contributed by atoms with Crippen LogP contribution in [0.3, 0.4) is 0 Å². The van der Waals surface area contributed by atoms with Crippen LogP contribution in [0.15, 0.2) is 0 Å². The summed E-state index contributed by atoms with van der Waals surface area (Å²) in [5.74, 6) is -2.27. The molecule has 2 saturated heterocycles. The molecule has 0 aromatic rings. The summed E-state index contributed by atoms with van der Waals surface area (Å²) in [7, 11) is 1.25. The van der Waals surface area contributed by atoms with Crippen molar-refractivity contribution in [3.63, 3.8) is 0 Å². The third-order valence-electron chi connectivity index (χ3n) is 5.47. The van der Waals surface area contributed by atoms with E-state index in [1.807, 2.05) is 0 Å². The van der Waals surface area contributed by atoms with E-state index in [9.17, 15) is 35.1 Å². The van der Waals surface area contributed by atoms with E-state index in [0.29, 0.717) is 0 Å². The number of rotatable bonds is 9. The highest BCUT2D eigenvalue weighted by atomic mass is 16.7. The zero-order chi connectivity index (χ0) is 23.3. The van der Waals surface area contributed by atoms with Gasteiger partial charge in [-0.1, -0.05) is 6.92 Å². The van der Waals surface area contributed by atoms with E-state index in [4.69, 9.17) is 24.1 Å². The smallest absolute Gasteiger partial charge is 0.303 e. The monoisotopic (exact) mass is 453 g/mol. The first-order chi connectivity index (χ1) is 14.6. The van der Waals surface area contributed by atoms with Crippen LogP contribution in [0, 0.1) is 5.92 Å². The van der Waals surface area contributed by atoms with Crippen molar-refractivity contribution in [2.24, 2.45) is 5.92 Å². The van der Waals surface area contributed by atoms with Crippen LogP contribution >= 0.6 is 0 Å². The Bertz CT molecular complexity index is 604. The van der Waals surface area contributed by atoms with Gasteiger partial charge in [-0.3, -0.25) is 9.59 Å². The lowest BCUT2D eigenvalue weighted by molar-refractivity contribution is -0.351. The maximum Gasteiger partial charge on any atom is 0.303 e. The molecule has 180 valence electrons. The summed E-state index contributed by atoms with van der Waals surface area (Å²) in [6.45, 7) is 0.893. The number of methoxy groups -OCH3 is 1. The van der Waals surface area contributed by atoms with E-state index < -0.39 is 79.7 Å². The number of carbonyl (C=O) groups excluding carboxylic acids is 1. The summed E-state index contributed by atoms with van der Waals surface area (Å²) in [5.41, 5.74) is 0. The van der Waals surface area contributed by atoms with Gasteiger partial charge in [0, 0.05) is 26.0 Å². The minimum Gasteiger partial charge on any atom is -0.481 e. The Morgan fingerprint density at radius 3 is 2.13 bits per heavy atom. The average Bonchev–Trinajstić information content (AvgIpc) is 2.74. The summed E-state index contributed by atoms with van der Waals surface area (Å²) in [6, 6.07) is 0. The first-order valence-electron chi connectivity index (χ1n) is 9.91. The zero-order valence-corrected chi connectivity index (χ0v) is 17.2. The molecule has 0 bridgehead atoms. The second-order valence-electron chi connectivity index (χ2n) is 7.62. The van der Waals surface area contributed by atoms with Crippen LogP contribution in [0.4, 0.5) is 0 Å². The maximum atomic E-state index is 11.8. The fourth-order valence-electron chi connectivity index (χ4n) is 3.51. The predicted octanol–water partition coefficient (Wildman–Crippen LogP) is -3.48. The Morgan fingerprint density at radius 2 is 1.55 bits per heavy atom. The van der Waals surface area contributed by atoms with Crippen LogP contribution in [0.1, 0.15) is 19.8 Å². The van der Waals surface area contributed by atoms with Gasteiger partial charge in [-0.2, -0.15) is 0 Å². The van der Waals surface area contributed by atoms with Gasteiger partial charge in [0.25, 0.3) is 0 Å². The van der Waals surface area contributed by atoms with Gasteiger partial charge in [0.2, 0.25) is 5.91 Å². The number of carboxylic acids is 1. The Balaban J connectivity index is 2.04. The van der Waals surface area contributed by atoms with Crippen molar-refractivity contribution in [1.82, 2.24) is 5.32 Å². The Labute approximate surface area is 178 Å². The van der Waals surface area contributed by atoms with Gasteiger partial charge in [0.15, 0.2) is 12.6 Å². The van der Waals surface area contributed by atoms with Gasteiger partial charge in [0.1, 0.15) is 30.5 Å². The van der Waals surface area contributed by atoms with Crippen molar-refractivity contribution in [3.05, 3.63) is 0 Å². The van der Waals surface area contributed by atoms with Crippen molar-refractivity contribution >= 4 is 11.9 Å². The molecule has 13 heteroatoms. The van der Waals surface area contributed by atoms with Gasteiger partial charge in [-0.15, -0.1) is 0 Å². The molecule has 2 rings (SSSR count). The molecule has 0 aromatic heterocycles. The third kappa shape index (κ3) is 6.31. The highest BCUT2D eigenvalue weighted by Gasteiger charge is 2.50. The fraction of sp³-hybridized carbons (Fsp3) is 0.889. The predicted molar refractivity (Wildman–Crippen MR) is 99.4 cm³/mol. The van der Waals surface area contributed by atoms with E-state index >= 15 is 0 Å². The first kappa shape index (κ1) is 25.8. The molecule has 2 aliphatic rings. The molecule has 2 heterocycles. The number of ether oxygens (including phenoxy) is 4. The van der Waals surface area contributed by atoms with Crippen LogP contribution in [-0.4, -0.2) is 118 Å².